The fourth-order valence-electron chi connectivity index (χ4n) is 1.94. The molecule has 0 aromatic carbocycles. The molecule has 0 atom stereocenters. The van der Waals surface area contributed by atoms with Crippen LogP contribution >= 0.6 is 0 Å². The van der Waals surface area contributed by atoms with Gasteiger partial charge in [-0.2, -0.15) is 0 Å². The number of hydrogen-bond donors (Lipinski definition) is 1. The molecule has 0 heterocycles. The normalized spacial score (nSPS) is 9.94. The van der Waals surface area contributed by atoms with Crippen LogP contribution in [0, 0.1) is 39.9 Å². The fourth-order valence-corrected chi connectivity index (χ4v) is 1.94. The Hall–Kier alpha value is 0.795. The molecule has 0 aromatic heterocycles. The van der Waals surface area contributed by atoms with Gasteiger partial charge in [0.1, 0.15) is 0 Å². The van der Waals surface area contributed by atoms with Gasteiger partial charge in [-0.3, -0.25) is 4.79 Å². The second-order valence-electron chi connectivity index (χ2n) is 4.68. The summed E-state index contributed by atoms with van der Waals surface area (Å²) in [6.45, 7) is 2.25. The van der Waals surface area contributed by atoms with Gasteiger partial charge in [0.15, 0.2) is 0 Å². The number of unbranched alkanes of at least 4 members (excludes halogenated alkanes) is 10. The number of carboxylic acid groups (broad SMARTS) is 1. The van der Waals surface area contributed by atoms with Gasteiger partial charge in [-0.15, -0.1) is 0 Å². The molecule has 17 heavy (non-hydrogen) atoms. The summed E-state index contributed by atoms with van der Waals surface area (Å²) < 4.78 is 0. The van der Waals surface area contributed by atoms with Gasteiger partial charge in [-0.05, 0) is 6.42 Å². The average Bonchev–Trinajstić information content (AvgIpc) is 2.25. The Morgan fingerprint density at radius 1 is 0.765 bits per heavy atom. The minimum absolute atomic E-state index is 0. The van der Waals surface area contributed by atoms with Crippen LogP contribution < -0.4 is 0 Å². The van der Waals surface area contributed by atoms with Crippen molar-refractivity contribution in [2.75, 3.05) is 0 Å². The minimum atomic E-state index is -0.657. The monoisotopic (exact) mass is 386 g/mol. The molecule has 0 saturated carbocycles. The molecule has 0 radical (unpaired) electrons. The first-order valence-electron chi connectivity index (χ1n) is 6.99. The maximum Gasteiger partial charge on any atom is 0.303 e. The van der Waals surface area contributed by atoms with Crippen molar-refractivity contribution in [2.24, 2.45) is 0 Å². The van der Waals surface area contributed by atoms with Crippen molar-refractivity contribution in [1.82, 2.24) is 0 Å². The molecule has 0 spiro atoms. The van der Waals surface area contributed by atoms with Crippen LogP contribution in [-0.4, -0.2) is 11.1 Å². The van der Waals surface area contributed by atoms with Gasteiger partial charge in [0.2, 0.25) is 0 Å². The maximum absolute atomic E-state index is 10.3. The Kier molecular flexibility index (Phi) is 19.9. The number of carboxylic acids is 1. The third kappa shape index (κ3) is 19.3. The summed E-state index contributed by atoms with van der Waals surface area (Å²) in [5, 5.41) is 8.46. The van der Waals surface area contributed by atoms with Gasteiger partial charge in [0.05, 0.1) is 0 Å². The van der Waals surface area contributed by atoms with Crippen molar-refractivity contribution in [3.63, 3.8) is 0 Å². The Morgan fingerprint density at radius 2 is 1.12 bits per heavy atom. The first-order chi connectivity index (χ1) is 7.77. The molecule has 0 fully saturated rings. The summed E-state index contributed by atoms with van der Waals surface area (Å²) in [5.74, 6) is -0.657. The van der Waals surface area contributed by atoms with E-state index in [0.29, 0.717) is 6.42 Å². The predicted molar refractivity (Wildman–Crippen MR) is 68.7 cm³/mol. The molecule has 0 unspecified atom stereocenters. The molecule has 0 aromatic rings. The molecule has 0 amide bonds. The number of hydrogen-bond acceptors (Lipinski definition) is 1. The molecule has 0 aliphatic heterocycles. The molecule has 3 heteroatoms. The second kappa shape index (κ2) is 16.8. The van der Waals surface area contributed by atoms with E-state index in [-0.39, 0.29) is 39.9 Å². The van der Waals surface area contributed by atoms with Crippen molar-refractivity contribution >= 4 is 5.97 Å². The summed E-state index contributed by atoms with van der Waals surface area (Å²) in [5.41, 5.74) is 0. The van der Waals surface area contributed by atoms with Gasteiger partial charge in [-0.25, -0.2) is 0 Å². The third-order valence-electron chi connectivity index (χ3n) is 2.99. The van der Waals surface area contributed by atoms with Crippen LogP contribution in [0.1, 0.15) is 84.0 Å². The van der Waals surface area contributed by atoms with Gasteiger partial charge in [-0.1, -0.05) is 71.1 Å². The Morgan fingerprint density at radius 3 is 1.47 bits per heavy atom. The Labute approximate surface area is 139 Å². The molecule has 0 saturated heterocycles. The van der Waals surface area contributed by atoms with Crippen LogP contribution in [-0.2, 0) is 4.79 Å². The van der Waals surface area contributed by atoms with E-state index in [1.165, 1.54) is 57.8 Å². The van der Waals surface area contributed by atoms with Crippen LogP contribution in [0.5, 0.6) is 0 Å². The summed E-state index contributed by atoms with van der Waals surface area (Å²) in [6, 6.07) is 0. The van der Waals surface area contributed by atoms with Gasteiger partial charge in [0.25, 0.3) is 0 Å². The van der Waals surface area contributed by atoms with Crippen LogP contribution in [0.4, 0.5) is 0 Å². The SMILES string of the molecule is CCCCCCCCCCCCCC(=O)O.[Gd]. The van der Waals surface area contributed by atoms with Gasteiger partial charge >= 0.3 is 5.97 Å². The molecule has 2 nitrogen and oxygen atoms in total. The maximum atomic E-state index is 10.3. The van der Waals surface area contributed by atoms with Crippen molar-refractivity contribution < 1.29 is 49.8 Å². The van der Waals surface area contributed by atoms with Crippen LogP contribution in [0.25, 0.3) is 0 Å². The van der Waals surface area contributed by atoms with E-state index in [0.717, 1.165) is 12.8 Å². The van der Waals surface area contributed by atoms with E-state index < -0.39 is 5.97 Å². The van der Waals surface area contributed by atoms with Gasteiger partial charge in [0, 0.05) is 46.4 Å². The van der Waals surface area contributed by atoms with Crippen molar-refractivity contribution in [3.05, 3.63) is 0 Å². The van der Waals surface area contributed by atoms with E-state index in [1.54, 1.807) is 0 Å². The molecule has 104 valence electrons. The number of aliphatic carboxylic acids is 1. The fraction of sp³-hybridized carbons (Fsp3) is 0.929. The Bertz CT molecular complexity index is 160. The minimum Gasteiger partial charge on any atom is -0.481 e. The van der Waals surface area contributed by atoms with Crippen molar-refractivity contribution in [1.29, 1.82) is 0 Å². The number of rotatable bonds is 12. The molecular weight excluding hydrogens is 357 g/mol. The molecular formula is C14H28GdO2. The molecule has 1 N–H and O–H groups in total. The summed E-state index contributed by atoms with van der Waals surface area (Å²) in [6.07, 6.45) is 14.4. The van der Waals surface area contributed by atoms with E-state index >= 15 is 0 Å². The first-order valence-corrected chi connectivity index (χ1v) is 6.99. The predicted octanol–water partition coefficient (Wildman–Crippen LogP) is 4.77. The first kappa shape index (κ1) is 20.1. The van der Waals surface area contributed by atoms with Crippen molar-refractivity contribution in [3.8, 4) is 0 Å². The quantitative estimate of drug-likeness (QED) is 0.491. The zero-order valence-corrected chi connectivity index (χ0v) is 13.5. The summed E-state index contributed by atoms with van der Waals surface area (Å²) in [7, 11) is 0. The van der Waals surface area contributed by atoms with Crippen LogP contribution in [0.3, 0.4) is 0 Å². The zero-order valence-electron chi connectivity index (χ0n) is 11.2. The smallest absolute Gasteiger partial charge is 0.303 e. The van der Waals surface area contributed by atoms with E-state index in [9.17, 15) is 4.79 Å². The molecule has 0 rings (SSSR count). The Balaban J connectivity index is 0. The van der Waals surface area contributed by atoms with Gasteiger partial charge < -0.3 is 5.11 Å². The standard InChI is InChI=1S/C14H28O2.Gd/c1-2-3-4-5-6-7-8-9-10-11-12-13-14(15)16;/h2-13H2,1H3,(H,15,16);. The molecule has 0 aliphatic carbocycles. The third-order valence-corrected chi connectivity index (χ3v) is 2.99. The molecule has 0 aliphatic rings. The number of carbonyl (C=O) groups is 1. The van der Waals surface area contributed by atoms with E-state index in [4.69, 9.17) is 5.11 Å². The van der Waals surface area contributed by atoms with Crippen LogP contribution in [0.15, 0.2) is 0 Å². The second-order valence-corrected chi connectivity index (χ2v) is 4.68. The summed E-state index contributed by atoms with van der Waals surface area (Å²) >= 11 is 0. The van der Waals surface area contributed by atoms with Crippen molar-refractivity contribution in [2.45, 2.75) is 84.0 Å². The average molecular weight is 386 g/mol. The van der Waals surface area contributed by atoms with E-state index in [2.05, 4.69) is 6.92 Å². The largest absolute Gasteiger partial charge is 0.481 e. The molecule has 0 bridgehead atoms. The van der Waals surface area contributed by atoms with E-state index in [1.807, 2.05) is 0 Å². The zero-order chi connectivity index (χ0) is 12.1. The summed E-state index contributed by atoms with van der Waals surface area (Å²) in [4.78, 5) is 10.3. The van der Waals surface area contributed by atoms with Crippen LogP contribution in [0.2, 0.25) is 0 Å². The topological polar surface area (TPSA) is 37.3 Å².